The molecule has 0 spiro atoms. The van der Waals surface area contributed by atoms with Crippen molar-refractivity contribution in [2.45, 2.75) is 32.7 Å². The van der Waals surface area contributed by atoms with Crippen LogP contribution in [0.4, 0.5) is 0 Å². The third kappa shape index (κ3) is 4.98. The molecule has 1 aromatic heterocycles. The molecule has 114 valence electrons. The number of aliphatic hydroxyl groups is 1. The highest BCUT2D eigenvalue weighted by molar-refractivity contribution is 5.42. The second kappa shape index (κ2) is 9.55. The van der Waals surface area contributed by atoms with Gasteiger partial charge in [-0.3, -0.25) is 4.98 Å². The molecule has 0 aliphatic heterocycles. The van der Waals surface area contributed by atoms with Gasteiger partial charge >= 0.3 is 0 Å². The van der Waals surface area contributed by atoms with Crippen LogP contribution in [0.2, 0.25) is 0 Å². The molecule has 0 aliphatic rings. The number of rotatable bonds is 10. The molecule has 0 amide bonds. The standard InChI is InChI=1S/C15H26N2O3/c1-4-5-12(7-9-18)10-16-11-13-15(20-3)14(19-2)6-8-17-13/h6,8,12,16,18H,4-5,7,9-11H2,1-3H3. The van der Waals surface area contributed by atoms with E-state index in [-0.39, 0.29) is 6.61 Å². The predicted molar refractivity (Wildman–Crippen MR) is 79.1 cm³/mol. The second-order valence-electron chi connectivity index (χ2n) is 4.79. The van der Waals surface area contributed by atoms with Gasteiger partial charge in [-0.2, -0.15) is 0 Å². The zero-order chi connectivity index (χ0) is 14.8. The van der Waals surface area contributed by atoms with Crippen LogP contribution in [0.1, 0.15) is 31.9 Å². The molecule has 20 heavy (non-hydrogen) atoms. The number of aliphatic hydroxyl groups excluding tert-OH is 1. The van der Waals surface area contributed by atoms with E-state index in [4.69, 9.17) is 14.6 Å². The van der Waals surface area contributed by atoms with Gasteiger partial charge < -0.3 is 19.9 Å². The van der Waals surface area contributed by atoms with Gasteiger partial charge in [0.25, 0.3) is 0 Å². The van der Waals surface area contributed by atoms with Crippen molar-refractivity contribution in [2.75, 3.05) is 27.4 Å². The first-order chi connectivity index (χ1) is 9.76. The quantitative estimate of drug-likeness (QED) is 0.687. The summed E-state index contributed by atoms with van der Waals surface area (Å²) in [6.45, 7) is 3.91. The summed E-state index contributed by atoms with van der Waals surface area (Å²) in [4.78, 5) is 4.33. The van der Waals surface area contributed by atoms with Crippen molar-refractivity contribution in [1.29, 1.82) is 0 Å². The summed E-state index contributed by atoms with van der Waals surface area (Å²) < 4.78 is 10.6. The molecular formula is C15H26N2O3. The molecule has 0 aliphatic carbocycles. The van der Waals surface area contributed by atoms with E-state index in [0.717, 1.165) is 31.5 Å². The van der Waals surface area contributed by atoms with Gasteiger partial charge in [-0.1, -0.05) is 13.3 Å². The fourth-order valence-corrected chi connectivity index (χ4v) is 2.31. The third-order valence-corrected chi connectivity index (χ3v) is 3.33. The molecule has 5 heteroatoms. The van der Waals surface area contributed by atoms with Gasteiger partial charge in [-0.05, 0) is 25.3 Å². The minimum atomic E-state index is 0.243. The largest absolute Gasteiger partial charge is 0.493 e. The third-order valence-electron chi connectivity index (χ3n) is 3.33. The minimum absolute atomic E-state index is 0.243. The Kier molecular flexibility index (Phi) is 7.99. The molecule has 1 unspecified atom stereocenters. The van der Waals surface area contributed by atoms with E-state index < -0.39 is 0 Å². The lowest BCUT2D eigenvalue weighted by molar-refractivity contribution is 0.247. The molecule has 1 aromatic rings. The summed E-state index contributed by atoms with van der Waals surface area (Å²) in [5.74, 6) is 1.87. The SMILES string of the molecule is CCCC(CCO)CNCc1nccc(OC)c1OC. The summed E-state index contributed by atoms with van der Waals surface area (Å²) in [7, 11) is 3.24. The van der Waals surface area contributed by atoms with E-state index in [1.807, 2.05) is 0 Å². The maximum Gasteiger partial charge on any atom is 0.183 e. The minimum Gasteiger partial charge on any atom is -0.493 e. The molecule has 2 N–H and O–H groups in total. The second-order valence-corrected chi connectivity index (χ2v) is 4.79. The number of pyridine rings is 1. The summed E-state index contributed by atoms with van der Waals surface area (Å²) in [5.41, 5.74) is 0.839. The van der Waals surface area contributed by atoms with Crippen LogP contribution in [-0.2, 0) is 6.54 Å². The number of nitrogens with one attached hydrogen (secondary N) is 1. The Bertz CT molecular complexity index is 379. The summed E-state index contributed by atoms with van der Waals surface area (Å²) in [6, 6.07) is 1.79. The molecule has 1 heterocycles. The average Bonchev–Trinajstić information content (AvgIpc) is 2.47. The number of hydrogen-bond donors (Lipinski definition) is 2. The number of nitrogens with zero attached hydrogens (tertiary/aromatic N) is 1. The van der Waals surface area contributed by atoms with E-state index in [2.05, 4.69) is 17.2 Å². The van der Waals surface area contributed by atoms with Crippen LogP contribution in [0.5, 0.6) is 11.5 Å². The van der Waals surface area contributed by atoms with E-state index in [0.29, 0.717) is 24.0 Å². The molecule has 0 fully saturated rings. The zero-order valence-corrected chi connectivity index (χ0v) is 12.7. The lowest BCUT2D eigenvalue weighted by Gasteiger charge is -2.16. The molecule has 0 aromatic carbocycles. The lowest BCUT2D eigenvalue weighted by atomic mass is 10.0. The van der Waals surface area contributed by atoms with Gasteiger partial charge in [-0.25, -0.2) is 0 Å². The molecule has 1 rings (SSSR count). The highest BCUT2D eigenvalue weighted by atomic mass is 16.5. The fraction of sp³-hybridized carbons (Fsp3) is 0.667. The summed E-state index contributed by atoms with van der Waals surface area (Å²) in [6.07, 6.45) is 4.81. The number of ether oxygens (including phenoxy) is 2. The van der Waals surface area contributed by atoms with Gasteiger partial charge in [0.2, 0.25) is 0 Å². The van der Waals surface area contributed by atoms with Crippen LogP contribution >= 0.6 is 0 Å². The van der Waals surface area contributed by atoms with Crippen molar-refractivity contribution < 1.29 is 14.6 Å². The topological polar surface area (TPSA) is 63.6 Å². The Labute approximate surface area is 121 Å². The van der Waals surface area contributed by atoms with Crippen LogP contribution in [0.3, 0.4) is 0 Å². The van der Waals surface area contributed by atoms with E-state index in [1.54, 1.807) is 26.5 Å². The molecule has 0 saturated carbocycles. The van der Waals surface area contributed by atoms with Gasteiger partial charge in [0, 0.05) is 25.4 Å². The summed E-state index contributed by atoms with van der Waals surface area (Å²) >= 11 is 0. The van der Waals surface area contributed by atoms with Crippen molar-refractivity contribution in [2.24, 2.45) is 5.92 Å². The highest BCUT2D eigenvalue weighted by Crippen LogP contribution is 2.28. The van der Waals surface area contributed by atoms with Crippen molar-refractivity contribution in [3.05, 3.63) is 18.0 Å². The monoisotopic (exact) mass is 282 g/mol. The normalized spacial score (nSPS) is 12.2. The molecule has 0 radical (unpaired) electrons. The molecule has 0 saturated heterocycles. The number of hydrogen-bond acceptors (Lipinski definition) is 5. The van der Waals surface area contributed by atoms with Crippen LogP contribution in [0.25, 0.3) is 0 Å². The number of methoxy groups -OCH3 is 2. The molecule has 0 bridgehead atoms. The molecule has 5 nitrogen and oxygen atoms in total. The van der Waals surface area contributed by atoms with Crippen molar-refractivity contribution in [3.8, 4) is 11.5 Å². The Morgan fingerprint density at radius 3 is 2.70 bits per heavy atom. The van der Waals surface area contributed by atoms with Crippen LogP contribution in [0, 0.1) is 5.92 Å². The smallest absolute Gasteiger partial charge is 0.183 e. The zero-order valence-electron chi connectivity index (χ0n) is 12.7. The molecular weight excluding hydrogens is 256 g/mol. The van der Waals surface area contributed by atoms with Crippen molar-refractivity contribution in [1.82, 2.24) is 10.3 Å². The first-order valence-electron chi connectivity index (χ1n) is 7.14. The van der Waals surface area contributed by atoms with Crippen LogP contribution in [0.15, 0.2) is 12.3 Å². The maximum atomic E-state index is 9.05. The van der Waals surface area contributed by atoms with Crippen LogP contribution in [-0.4, -0.2) is 37.5 Å². The van der Waals surface area contributed by atoms with Crippen LogP contribution < -0.4 is 14.8 Å². The highest BCUT2D eigenvalue weighted by Gasteiger charge is 2.12. The fourth-order valence-electron chi connectivity index (χ4n) is 2.31. The van der Waals surface area contributed by atoms with Gasteiger partial charge in [0.15, 0.2) is 11.5 Å². The predicted octanol–water partition coefficient (Wildman–Crippen LogP) is 1.99. The van der Waals surface area contributed by atoms with Gasteiger partial charge in [0.1, 0.15) is 0 Å². The lowest BCUT2D eigenvalue weighted by Crippen LogP contribution is -2.24. The molecule has 1 atom stereocenters. The van der Waals surface area contributed by atoms with E-state index in [9.17, 15) is 0 Å². The van der Waals surface area contributed by atoms with Gasteiger partial charge in [-0.15, -0.1) is 0 Å². The van der Waals surface area contributed by atoms with E-state index in [1.165, 1.54) is 0 Å². The van der Waals surface area contributed by atoms with E-state index >= 15 is 0 Å². The average molecular weight is 282 g/mol. The van der Waals surface area contributed by atoms with Crippen molar-refractivity contribution in [3.63, 3.8) is 0 Å². The first-order valence-corrected chi connectivity index (χ1v) is 7.14. The van der Waals surface area contributed by atoms with Crippen molar-refractivity contribution >= 4 is 0 Å². The maximum absolute atomic E-state index is 9.05. The summed E-state index contributed by atoms with van der Waals surface area (Å²) in [5, 5.41) is 12.4. The number of aromatic nitrogens is 1. The first kappa shape index (κ1) is 16.7. The van der Waals surface area contributed by atoms with Gasteiger partial charge in [0.05, 0.1) is 19.9 Å². The Morgan fingerprint density at radius 1 is 1.30 bits per heavy atom. The Morgan fingerprint density at radius 2 is 2.10 bits per heavy atom. The Balaban J connectivity index is 2.56. The Hall–Kier alpha value is -1.33.